The molecule has 2 aliphatic rings. The lowest BCUT2D eigenvalue weighted by molar-refractivity contribution is -0.137. The van der Waals surface area contributed by atoms with Gasteiger partial charge in [-0.25, -0.2) is 4.79 Å². The van der Waals surface area contributed by atoms with Gasteiger partial charge in [0.1, 0.15) is 11.9 Å². The number of urea groups is 1. The Labute approximate surface area is 249 Å². The number of nitrogens with one attached hydrogen (secondary N) is 2. The number of aliphatic hydroxyl groups excluding tert-OH is 1. The van der Waals surface area contributed by atoms with Gasteiger partial charge in [-0.15, -0.1) is 0 Å². The number of fused-ring (bicyclic) bond motifs is 1. The molecule has 9 nitrogen and oxygen atoms in total. The van der Waals surface area contributed by atoms with Gasteiger partial charge in [0.2, 0.25) is 5.91 Å². The predicted octanol–water partition coefficient (Wildman–Crippen LogP) is 5.61. The summed E-state index contributed by atoms with van der Waals surface area (Å²) in [6, 6.07) is 8.00. The number of halogens is 3. The molecule has 3 N–H and O–H groups in total. The smallest absolute Gasteiger partial charge is 0.416 e. The zero-order valence-electron chi connectivity index (χ0n) is 24.6. The second-order valence-corrected chi connectivity index (χ2v) is 11.5. The van der Waals surface area contributed by atoms with Crippen LogP contribution >= 0.6 is 0 Å². The van der Waals surface area contributed by atoms with E-state index in [-0.39, 0.29) is 60.3 Å². The van der Waals surface area contributed by atoms with Crippen LogP contribution in [0.5, 0.6) is 5.75 Å². The number of benzene rings is 2. The number of carbonyl (C=O) groups excluding carboxylic acids is 3. The van der Waals surface area contributed by atoms with E-state index >= 15 is 0 Å². The van der Waals surface area contributed by atoms with E-state index in [1.54, 1.807) is 37.1 Å². The van der Waals surface area contributed by atoms with Crippen molar-refractivity contribution >= 4 is 29.2 Å². The third-order valence-corrected chi connectivity index (χ3v) is 8.17. The first kappa shape index (κ1) is 32.1. The van der Waals surface area contributed by atoms with E-state index in [1.165, 1.54) is 17.0 Å². The first-order valence-electron chi connectivity index (χ1n) is 14.6. The van der Waals surface area contributed by atoms with Gasteiger partial charge in [-0.05, 0) is 62.2 Å². The summed E-state index contributed by atoms with van der Waals surface area (Å²) < 4.78 is 45.0. The molecular weight excluding hydrogens is 565 g/mol. The van der Waals surface area contributed by atoms with Crippen LogP contribution in [0, 0.1) is 11.8 Å². The van der Waals surface area contributed by atoms with Gasteiger partial charge in [-0.1, -0.05) is 26.2 Å². The van der Waals surface area contributed by atoms with Crippen molar-refractivity contribution in [1.29, 1.82) is 0 Å². The highest BCUT2D eigenvalue weighted by Gasteiger charge is 2.35. The monoisotopic (exact) mass is 604 g/mol. The normalized spacial score (nSPS) is 20.3. The molecule has 0 radical (unpaired) electrons. The number of anilines is 2. The van der Waals surface area contributed by atoms with E-state index < -0.39 is 29.9 Å². The summed E-state index contributed by atoms with van der Waals surface area (Å²) >= 11 is 0. The van der Waals surface area contributed by atoms with Gasteiger partial charge >= 0.3 is 12.2 Å². The maximum atomic E-state index is 13.7. The van der Waals surface area contributed by atoms with Crippen LogP contribution in [0.2, 0.25) is 0 Å². The lowest BCUT2D eigenvalue weighted by Gasteiger charge is -2.38. The number of ether oxygens (including phenoxy) is 1. The Hall–Kier alpha value is -3.80. The number of alkyl halides is 3. The van der Waals surface area contributed by atoms with Gasteiger partial charge in [0, 0.05) is 36.8 Å². The Kier molecular flexibility index (Phi) is 10.2. The van der Waals surface area contributed by atoms with Crippen LogP contribution in [-0.4, -0.2) is 71.6 Å². The molecule has 1 heterocycles. The standard InChI is InChI=1S/C31H39F3N4O5/c1-19-16-38(20(2)18-39)29(41)25-15-24(35-28(40)21-7-5-4-6-8-21)13-14-26(25)43-27(19)17-37(3)30(42)36-23-11-9-22(10-12-23)31(32,33)34/h9-15,19-21,27,39H,4-8,16-18H2,1-3H3,(H,35,40)(H,36,42)/t19-,20+,27+/m1/s1. The number of hydrogen-bond donors (Lipinski definition) is 3. The Balaban J connectivity index is 1.52. The summed E-state index contributed by atoms with van der Waals surface area (Å²) in [5, 5.41) is 15.4. The molecule has 1 saturated carbocycles. The van der Waals surface area contributed by atoms with Crippen molar-refractivity contribution in [3.63, 3.8) is 0 Å². The van der Waals surface area contributed by atoms with Crippen molar-refractivity contribution in [2.75, 3.05) is 37.4 Å². The number of nitrogens with zero attached hydrogens (tertiary/aromatic N) is 2. The number of likely N-dealkylation sites (N-methyl/N-ethyl adjacent to an activating group) is 1. The number of amides is 4. The predicted molar refractivity (Wildman–Crippen MR) is 156 cm³/mol. The van der Waals surface area contributed by atoms with Gasteiger partial charge in [0.15, 0.2) is 0 Å². The largest absolute Gasteiger partial charge is 0.487 e. The van der Waals surface area contributed by atoms with Crippen molar-refractivity contribution in [1.82, 2.24) is 9.80 Å². The summed E-state index contributed by atoms with van der Waals surface area (Å²) in [7, 11) is 1.54. The van der Waals surface area contributed by atoms with E-state index in [0.717, 1.165) is 44.2 Å². The van der Waals surface area contributed by atoms with E-state index in [4.69, 9.17) is 4.74 Å². The van der Waals surface area contributed by atoms with Crippen LogP contribution in [0.4, 0.5) is 29.3 Å². The summed E-state index contributed by atoms with van der Waals surface area (Å²) in [4.78, 5) is 42.4. The lowest BCUT2D eigenvalue weighted by Crippen LogP contribution is -2.50. The molecule has 234 valence electrons. The van der Waals surface area contributed by atoms with Crippen molar-refractivity contribution in [2.24, 2.45) is 11.8 Å². The van der Waals surface area contributed by atoms with Gasteiger partial charge in [-0.2, -0.15) is 13.2 Å². The fraction of sp³-hybridized carbons (Fsp3) is 0.516. The van der Waals surface area contributed by atoms with Crippen molar-refractivity contribution < 1.29 is 37.4 Å². The molecule has 0 saturated heterocycles. The molecule has 0 bridgehead atoms. The molecule has 4 rings (SSSR count). The zero-order valence-corrected chi connectivity index (χ0v) is 24.6. The number of aliphatic hydroxyl groups is 1. The summed E-state index contributed by atoms with van der Waals surface area (Å²) in [5.74, 6) is -0.472. The fourth-order valence-electron chi connectivity index (χ4n) is 5.44. The second-order valence-electron chi connectivity index (χ2n) is 11.5. The summed E-state index contributed by atoms with van der Waals surface area (Å²) in [5.41, 5.74) is 0.0944. The van der Waals surface area contributed by atoms with E-state index in [9.17, 15) is 32.7 Å². The fourth-order valence-corrected chi connectivity index (χ4v) is 5.44. The lowest BCUT2D eigenvalue weighted by atomic mass is 9.88. The van der Waals surface area contributed by atoms with E-state index in [0.29, 0.717) is 5.69 Å². The highest BCUT2D eigenvalue weighted by atomic mass is 19.4. The Morgan fingerprint density at radius 3 is 2.35 bits per heavy atom. The van der Waals surface area contributed by atoms with Crippen LogP contribution in [-0.2, 0) is 11.0 Å². The molecule has 12 heteroatoms. The van der Waals surface area contributed by atoms with Gasteiger partial charge < -0.3 is 30.3 Å². The van der Waals surface area contributed by atoms with E-state index in [1.807, 2.05) is 6.92 Å². The van der Waals surface area contributed by atoms with Crippen LogP contribution in [0.15, 0.2) is 42.5 Å². The molecule has 0 unspecified atom stereocenters. The molecule has 2 aromatic carbocycles. The molecule has 0 spiro atoms. The Morgan fingerprint density at radius 1 is 1.07 bits per heavy atom. The Morgan fingerprint density at radius 2 is 1.72 bits per heavy atom. The minimum Gasteiger partial charge on any atom is -0.487 e. The minimum absolute atomic E-state index is 0.0666. The minimum atomic E-state index is -4.48. The van der Waals surface area contributed by atoms with Crippen LogP contribution in [0.25, 0.3) is 0 Å². The average molecular weight is 605 g/mol. The molecule has 3 atom stereocenters. The van der Waals surface area contributed by atoms with Crippen LogP contribution < -0.4 is 15.4 Å². The van der Waals surface area contributed by atoms with Crippen molar-refractivity contribution in [3.05, 3.63) is 53.6 Å². The molecule has 43 heavy (non-hydrogen) atoms. The average Bonchev–Trinajstić information content (AvgIpc) is 2.99. The van der Waals surface area contributed by atoms with Gasteiger partial charge in [0.25, 0.3) is 5.91 Å². The van der Waals surface area contributed by atoms with Crippen molar-refractivity contribution in [2.45, 2.75) is 64.3 Å². The van der Waals surface area contributed by atoms with Crippen LogP contribution in [0.1, 0.15) is 61.9 Å². The highest BCUT2D eigenvalue weighted by molar-refractivity contribution is 6.00. The maximum absolute atomic E-state index is 13.7. The molecule has 1 aliphatic heterocycles. The van der Waals surface area contributed by atoms with Crippen LogP contribution in [0.3, 0.4) is 0 Å². The van der Waals surface area contributed by atoms with Gasteiger partial charge in [-0.3, -0.25) is 9.59 Å². The quantitative estimate of drug-likeness (QED) is 0.381. The zero-order chi connectivity index (χ0) is 31.3. The first-order chi connectivity index (χ1) is 20.4. The first-order valence-corrected chi connectivity index (χ1v) is 14.6. The SMILES string of the molecule is C[C@@H]1CN([C@@H](C)CO)C(=O)c2cc(NC(=O)C3CCCCC3)ccc2O[C@H]1CN(C)C(=O)Nc1ccc(C(F)(F)F)cc1. The van der Waals surface area contributed by atoms with E-state index in [2.05, 4.69) is 10.6 Å². The third-order valence-electron chi connectivity index (χ3n) is 8.17. The maximum Gasteiger partial charge on any atom is 0.416 e. The highest BCUT2D eigenvalue weighted by Crippen LogP contribution is 2.32. The summed E-state index contributed by atoms with van der Waals surface area (Å²) in [6.45, 7) is 3.69. The molecular formula is C31H39F3N4O5. The molecule has 1 fully saturated rings. The number of carbonyl (C=O) groups is 3. The number of rotatable bonds is 7. The molecule has 2 aromatic rings. The number of hydrogen-bond acceptors (Lipinski definition) is 5. The Bertz CT molecular complexity index is 1300. The molecule has 4 amide bonds. The molecule has 1 aliphatic carbocycles. The van der Waals surface area contributed by atoms with Gasteiger partial charge in [0.05, 0.1) is 30.3 Å². The second kappa shape index (κ2) is 13.7. The molecule has 0 aromatic heterocycles. The third kappa shape index (κ3) is 7.98. The summed E-state index contributed by atoms with van der Waals surface area (Å²) in [6.07, 6.45) is -0.241. The topological polar surface area (TPSA) is 111 Å². The van der Waals surface area contributed by atoms with Crippen molar-refractivity contribution in [3.8, 4) is 5.75 Å².